The van der Waals surface area contributed by atoms with Crippen LogP contribution < -0.4 is 32.4 Å². The second-order valence-corrected chi connectivity index (χ2v) is 18.7. The number of likely N-dealkylation sites (tertiary alicyclic amines) is 2. The normalized spacial score (nSPS) is 18.3. The predicted molar refractivity (Wildman–Crippen MR) is 264 cm³/mol. The molecule has 2 atom stereocenters. The number of carbonyl (C=O) groups excluding carboxylic acids is 4. The minimum absolute atomic E-state index is 0.0756. The molecule has 18 nitrogen and oxygen atoms in total. The van der Waals surface area contributed by atoms with Crippen LogP contribution in [0.3, 0.4) is 0 Å². The van der Waals surface area contributed by atoms with Crippen LogP contribution in [0.25, 0.3) is 22.5 Å². The van der Waals surface area contributed by atoms with Gasteiger partial charge in [-0.1, -0.05) is 36.4 Å². The quantitative estimate of drug-likeness (QED) is 0.0853. The second-order valence-electron chi connectivity index (χ2n) is 17.9. The van der Waals surface area contributed by atoms with Gasteiger partial charge in [0.2, 0.25) is 23.6 Å². The Morgan fingerprint density at radius 2 is 0.957 bits per heavy atom. The molecule has 70 heavy (non-hydrogen) atoms. The molecule has 2 aromatic carbocycles. The van der Waals surface area contributed by atoms with E-state index in [4.69, 9.17) is 65.8 Å². The highest BCUT2D eigenvalue weighted by Gasteiger charge is 2.54. The molecule has 2 saturated heterocycles. The van der Waals surface area contributed by atoms with Gasteiger partial charge in [-0.2, -0.15) is 10.2 Å². The van der Waals surface area contributed by atoms with Crippen molar-refractivity contribution in [3.63, 3.8) is 0 Å². The number of anilines is 2. The summed E-state index contributed by atoms with van der Waals surface area (Å²) < 4.78 is 14.7. The molecule has 4 amide bonds. The van der Waals surface area contributed by atoms with Gasteiger partial charge in [0, 0.05) is 59.8 Å². The van der Waals surface area contributed by atoms with Gasteiger partial charge >= 0.3 is 0 Å². The lowest BCUT2D eigenvalue weighted by Crippen LogP contribution is -2.48. The fourth-order valence-corrected chi connectivity index (χ4v) is 9.74. The number of amides is 4. The van der Waals surface area contributed by atoms with Crippen LogP contribution in [0.4, 0.5) is 11.6 Å². The van der Waals surface area contributed by atoms with Crippen molar-refractivity contribution in [1.82, 2.24) is 39.3 Å². The van der Waals surface area contributed by atoms with Gasteiger partial charge in [-0.3, -0.25) is 19.2 Å². The number of nitrogens with zero attached hydrogens (tertiary/aromatic N) is 8. The molecule has 0 bridgehead atoms. The standard InChI is InChI=1S/2C25H25ClN6O3/c2*1-2-20(33)31-14-17(9-10-25(31)11-12-25)32-23(27)21(24(28)34)22(30-32)15-3-6-18(7-4-15)35-19-8-5-16(26)13-29-19/h2*2-8,13,17H,1,9-12,14,27H2,(H2,28,34)/t2*17-/m10/s1. The van der Waals surface area contributed by atoms with Crippen molar-refractivity contribution in [2.75, 3.05) is 24.6 Å². The van der Waals surface area contributed by atoms with E-state index in [1.807, 2.05) is 9.80 Å². The number of rotatable bonds is 12. The number of aromatic nitrogens is 6. The molecule has 20 heteroatoms. The van der Waals surface area contributed by atoms with Crippen LogP contribution in [0.2, 0.25) is 10.0 Å². The number of nitrogens with two attached hydrogens (primary N) is 4. The van der Waals surface area contributed by atoms with Gasteiger partial charge in [-0.25, -0.2) is 19.3 Å². The Bertz CT molecular complexity index is 2800. The highest BCUT2D eigenvalue weighted by Crippen LogP contribution is 2.52. The lowest BCUT2D eigenvalue weighted by molar-refractivity contribution is -0.132. The minimum Gasteiger partial charge on any atom is -0.439 e. The Hall–Kier alpha value is -7.70. The first kappa shape index (κ1) is 47.4. The van der Waals surface area contributed by atoms with Crippen LogP contribution >= 0.6 is 23.2 Å². The highest BCUT2D eigenvalue weighted by molar-refractivity contribution is 6.30. The van der Waals surface area contributed by atoms with E-state index >= 15 is 0 Å². The molecular weight excluding hydrogens is 936 g/mol. The third-order valence-electron chi connectivity index (χ3n) is 13.5. The van der Waals surface area contributed by atoms with Gasteiger partial charge in [-0.05, 0) is 124 Å². The van der Waals surface area contributed by atoms with Crippen molar-refractivity contribution < 1.29 is 28.7 Å². The number of piperidine rings is 2. The van der Waals surface area contributed by atoms with E-state index in [1.165, 1.54) is 24.5 Å². The zero-order valence-corrected chi connectivity index (χ0v) is 39.5. The summed E-state index contributed by atoms with van der Waals surface area (Å²) in [7, 11) is 0. The molecule has 8 N–H and O–H groups in total. The maximum absolute atomic E-state index is 12.5. The Balaban J connectivity index is 0.000000174. The van der Waals surface area contributed by atoms with E-state index in [-0.39, 0.29) is 57.7 Å². The Labute approximate surface area is 412 Å². The van der Waals surface area contributed by atoms with Crippen LogP contribution in [-0.2, 0) is 9.59 Å². The Morgan fingerprint density at radius 1 is 0.586 bits per heavy atom. The van der Waals surface area contributed by atoms with Crippen LogP contribution in [0.15, 0.2) is 111 Å². The topological polar surface area (TPSA) is 259 Å². The number of ether oxygens (including phenoxy) is 2. The molecule has 0 radical (unpaired) electrons. The van der Waals surface area contributed by atoms with Gasteiger partial charge in [0.1, 0.15) is 45.6 Å². The second kappa shape index (κ2) is 19.0. The molecule has 0 unspecified atom stereocenters. The maximum atomic E-state index is 12.5. The average molecular weight is 986 g/mol. The number of hydrogen-bond acceptors (Lipinski definition) is 12. The van der Waals surface area contributed by atoms with Crippen LogP contribution in [-0.4, -0.2) is 87.1 Å². The third-order valence-corrected chi connectivity index (χ3v) is 14.0. The summed E-state index contributed by atoms with van der Waals surface area (Å²) in [6, 6.07) is 20.4. The molecule has 2 saturated carbocycles. The summed E-state index contributed by atoms with van der Waals surface area (Å²) in [4.78, 5) is 61.7. The summed E-state index contributed by atoms with van der Waals surface area (Å²) in [5.41, 5.74) is 26.4. The van der Waals surface area contributed by atoms with Crippen LogP contribution in [0.5, 0.6) is 23.3 Å². The molecule has 360 valence electrons. The molecule has 10 rings (SSSR count). The van der Waals surface area contributed by atoms with Gasteiger partial charge in [0.25, 0.3) is 11.8 Å². The summed E-state index contributed by atoms with van der Waals surface area (Å²) in [5, 5.41) is 10.4. The lowest BCUT2D eigenvalue weighted by atomic mass is 9.96. The largest absolute Gasteiger partial charge is 0.439 e. The predicted octanol–water partition coefficient (Wildman–Crippen LogP) is 7.91. The average Bonchev–Trinajstić information content (AvgIpc) is 4.25. The first-order valence-corrected chi connectivity index (χ1v) is 23.4. The summed E-state index contributed by atoms with van der Waals surface area (Å²) in [6.45, 7) is 8.19. The number of primary amides is 2. The minimum atomic E-state index is -0.664. The van der Waals surface area contributed by atoms with E-state index in [0.29, 0.717) is 68.9 Å². The Morgan fingerprint density at radius 3 is 1.26 bits per heavy atom. The zero-order valence-electron chi connectivity index (χ0n) is 38.0. The van der Waals surface area contributed by atoms with Crippen molar-refractivity contribution in [3.8, 4) is 45.8 Å². The van der Waals surface area contributed by atoms with Gasteiger partial charge in [0.05, 0.1) is 22.1 Å². The smallest absolute Gasteiger partial charge is 0.254 e. The SMILES string of the molecule is C=CC(=O)N1C[C@@H](n2nc(-c3ccc(Oc4ccc(Cl)cn4)cc3)c(C(N)=O)c2N)CCC12CC2.C=CC(=O)N1C[C@H](n2nc(-c3ccc(Oc4ccc(Cl)cn4)cc3)c(C(N)=O)c2N)CCC12CC2. The van der Waals surface area contributed by atoms with E-state index < -0.39 is 11.8 Å². The Kier molecular flexibility index (Phi) is 12.9. The molecule has 4 aromatic heterocycles. The zero-order chi connectivity index (χ0) is 49.5. The number of carbonyl (C=O) groups is 4. The molecule has 4 fully saturated rings. The summed E-state index contributed by atoms with van der Waals surface area (Å²) in [6.07, 6.45) is 13.0. The van der Waals surface area contributed by atoms with Gasteiger partial charge < -0.3 is 42.2 Å². The molecular formula is C50H50Cl2N12O6. The summed E-state index contributed by atoms with van der Waals surface area (Å²) >= 11 is 11.7. The summed E-state index contributed by atoms with van der Waals surface area (Å²) in [5.74, 6) is 0.774. The highest BCUT2D eigenvalue weighted by atomic mass is 35.5. The maximum Gasteiger partial charge on any atom is 0.254 e. The fraction of sp³-hybridized carbons (Fsp3) is 0.280. The third kappa shape index (κ3) is 9.39. The molecule has 2 aliphatic carbocycles. The number of nitrogen functional groups attached to an aromatic ring is 2. The van der Waals surface area contributed by atoms with Gasteiger partial charge in [0.15, 0.2) is 0 Å². The van der Waals surface area contributed by atoms with Crippen LogP contribution in [0.1, 0.15) is 84.2 Å². The first-order chi connectivity index (χ1) is 33.6. The number of hydrogen-bond donors (Lipinski definition) is 4. The van der Waals surface area contributed by atoms with Crippen molar-refractivity contribution >= 4 is 58.5 Å². The molecule has 2 spiro atoms. The number of pyridine rings is 2. The van der Waals surface area contributed by atoms with Crippen LogP contribution in [0, 0.1) is 0 Å². The van der Waals surface area contributed by atoms with Crippen molar-refractivity contribution in [3.05, 3.63) is 132 Å². The van der Waals surface area contributed by atoms with E-state index in [2.05, 4.69) is 23.1 Å². The van der Waals surface area contributed by atoms with Crippen molar-refractivity contribution in [2.45, 2.75) is 74.5 Å². The van der Waals surface area contributed by atoms with E-state index in [0.717, 1.165) is 51.4 Å². The number of halogens is 2. The lowest BCUT2D eigenvalue weighted by Gasteiger charge is -2.40. The fourth-order valence-electron chi connectivity index (χ4n) is 9.52. The van der Waals surface area contributed by atoms with Gasteiger partial charge in [-0.15, -0.1) is 0 Å². The molecule has 4 aliphatic rings. The van der Waals surface area contributed by atoms with Crippen molar-refractivity contribution in [1.29, 1.82) is 0 Å². The monoisotopic (exact) mass is 984 g/mol. The van der Waals surface area contributed by atoms with Crippen molar-refractivity contribution in [2.24, 2.45) is 11.5 Å². The van der Waals surface area contributed by atoms with E-state index in [1.54, 1.807) is 82.2 Å². The van der Waals surface area contributed by atoms with E-state index in [9.17, 15) is 19.2 Å². The molecule has 2 aliphatic heterocycles. The first-order valence-electron chi connectivity index (χ1n) is 22.7. The number of benzene rings is 2. The molecule has 6 heterocycles. The molecule has 6 aromatic rings.